The van der Waals surface area contributed by atoms with E-state index in [4.69, 9.17) is 23.2 Å². The van der Waals surface area contributed by atoms with Crippen molar-refractivity contribution in [1.82, 2.24) is 0 Å². The summed E-state index contributed by atoms with van der Waals surface area (Å²) in [4.78, 5) is 1.14. The second-order valence-electron chi connectivity index (χ2n) is 3.49. The number of hydrogen-bond acceptors (Lipinski definition) is 1. The third-order valence-corrected chi connectivity index (χ3v) is 4.73. The molecule has 0 aromatic heterocycles. The van der Waals surface area contributed by atoms with Crippen LogP contribution in [-0.4, -0.2) is 0 Å². The number of halogens is 3. The Morgan fingerprint density at radius 2 is 1.65 bits per heavy atom. The van der Waals surface area contributed by atoms with Crippen LogP contribution in [0.15, 0.2) is 47.4 Å². The molecule has 0 saturated carbocycles. The van der Waals surface area contributed by atoms with E-state index >= 15 is 0 Å². The smallest absolute Gasteiger partial charge is 0.0603 e. The quantitative estimate of drug-likeness (QED) is 0.462. The molecule has 0 aliphatic rings. The average Bonchev–Trinajstić information content (AvgIpc) is 2.33. The van der Waals surface area contributed by atoms with Gasteiger partial charge >= 0.3 is 0 Å². The zero-order valence-corrected chi connectivity index (χ0v) is 13.3. The lowest BCUT2D eigenvalue weighted by atomic mass is 10.2. The molecule has 0 spiro atoms. The molecule has 2 aromatic rings. The van der Waals surface area contributed by atoms with Crippen molar-refractivity contribution in [1.29, 1.82) is 0 Å². The van der Waals surface area contributed by atoms with Gasteiger partial charge in [0, 0.05) is 14.2 Å². The minimum atomic E-state index is 0.602. The molecule has 0 amide bonds. The Labute approximate surface area is 129 Å². The fourth-order valence-electron chi connectivity index (χ4n) is 1.31. The number of benzene rings is 2. The number of hydrogen-bond donors (Lipinski definition) is 0. The Bertz CT molecular complexity index is 511. The molecule has 0 N–H and O–H groups in total. The first-order chi connectivity index (χ1) is 8.15. The van der Waals surface area contributed by atoms with Crippen LogP contribution in [-0.2, 0) is 5.75 Å². The van der Waals surface area contributed by atoms with Crippen molar-refractivity contribution in [3.63, 3.8) is 0 Å². The van der Waals surface area contributed by atoms with Gasteiger partial charge in [-0.05, 0) is 58.5 Å². The predicted molar refractivity (Wildman–Crippen MR) is 85.2 cm³/mol. The highest BCUT2D eigenvalue weighted by molar-refractivity contribution is 14.1. The van der Waals surface area contributed by atoms with Crippen LogP contribution in [0.5, 0.6) is 0 Å². The van der Waals surface area contributed by atoms with Gasteiger partial charge in [-0.15, -0.1) is 11.8 Å². The van der Waals surface area contributed by atoms with Crippen LogP contribution in [0.4, 0.5) is 0 Å². The monoisotopic (exact) mass is 394 g/mol. The molecule has 2 rings (SSSR count). The Morgan fingerprint density at radius 1 is 0.941 bits per heavy atom. The van der Waals surface area contributed by atoms with Crippen LogP contribution in [0.25, 0.3) is 0 Å². The highest BCUT2D eigenvalue weighted by Crippen LogP contribution is 2.29. The van der Waals surface area contributed by atoms with Crippen LogP contribution in [0.3, 0.4) is 0 Å². The van der Waals surface area contributed by atoms with Crippen LogP contribution in [0.1, 0.15) is 5.56 Å². The number of thioether (sulfide) groups is 1. The van der Waals surface area contributed by atoms with E-state index in [0.29, 0.717) is 10.0 Å². The maximum atomic E-state index is 5.97. The second kappa shape index (κ2) is 6.32. The zero-order chi connectivity index (χ0) is 12.3. The molecule has 0 saturated heterocycles. The van der Waals surface area contributed by atoms with E-state index in [0.717, 1.165) is 10.6 Å². The van der Waals surface area contributed by atoms with Crippen molar-refractivity contribution in [2.45, 2.75) is 10.6 Å². The molecule has 88 valence electrons. The van der Waals surface area contributed by atoms with Gasteiger partial charge in [-0.3, -0.25) is 0 Å². The fraction of sp³-hybridized carbons (Fsp3) is 0.0769. The molecule has 0 atom stereocenters. The highest BCUT2D eigenvalue weighted by Gasteiger charge is 2.01. The zero-order valence-electron chi connectivity index (χ0n) is 8.79. The van der Waals surface area contributed by atoms with Crippen LogP contribution in [0, 0.1) is 3.57 Å². The summed E-state index contributed by atoms with van der Waals surface area (Å²) in [6.45, 7) is 0. The van der Waals surface area contributed by atoms with Crippen molar-refractivity contribution >= 4 is 57.6 Å². The molecule has 0 aliphatic carbocycles. The Morgan fingerprint density at radius 3 is 2.29 bits per heavy atom. The summed E-state index contributed by atoms with van der Waals surface area (Å²) in [6, 6.07) is 14.3. The summed E-state index contributed by atoms with van der Waals surface area (Å²) < 4.78 is 1.26. The molecule has 0 aliphatic heterocycles. The summed E-state index contributed by atoms with van der Waals surface area (Å²) >= 11 is 15.9. The topological polar surface area (TPSA) is 0 Å². The van der Waals surface area contributed by atoms with E-state index in [1.807, 2.05) is 18.2 Å². The second-order valence-corrected chi connectivity index (χ2v) is 6.60. The standard InChI is InChI=1S/C13H9Cl2IS/c14-12-6-5-11(7-13(12)15)17-8-9-1-3-10(16)4-2-9/h1-7H,8H2. The molecule has 0 unspecified atom stereocenters. The van der Waals surface area contributed by atoms with Crippen LogP contribution in [0.2, 0.25) is 10.0 Å². The van der Waals surface area contributed by atoms with Crippen molar-refractivity contribution in [3.05, 3.63) is 61.6 Å². The highest BCUT2D eigenvalue weighted by atomic mass is 127. The molecule has 4 heteroatoms. The van der Waals surface area contributed by atoms with Gasteiger partial charge < -0.3 is 0 Å². The van der Waals surface area contributed by atoms with Crippen molar-refractivity contribution < 1.29 is 0 Å². The van der Waals surface area contributed by atoms with Crippen molar-refractivity contribution in [2.75, 3.05) is 0 Å². The SMILES string of the molecule is Clc1ccc(SCc2ccc(I)cc2)cc1Cl. The van der Waals surface area contributed by atoms with E-state index in [1.54, 1.807) is 11.8 Å². The predicted octanol–water partition coefficient (Wildman–Crippen LogP) is 5.89. The van der Waals surface area contributed by atoms with Gasteiger partial charge in [-0.25, -0.2) is 0 Å². The van der Waals surface area contributed by atoms with E-state index in [2.05, 4.69) is 46.9 Å². The molecule has 0 radical (unpaired) electrons. The van der Waals surface area contributed by atoms with Crippen molar-refractivity contribution in [2.24, 2.45) is 0 Å². The molecule has 2 aromatic carbocycles. The van der Waals surface area contributed by atoms with Gasteiger partial charge in [-0.1, -0.05) is 35.3 Å². The summed E-state index contributed by atoms with van der Waals surface area (Å²) in [5, 5.41) is 1.21. The lowest BCUT2D eigenvalue weighted by Gasteiger charge is -2.03. The van der Waals surface area contributed by atoms with Crippen LogP contribution < -0.4 is 0 Å². The summed E-state index contributed by atoms with van der Waals surface area (Å²) in [7, 11) is 0. The first kappa shape index (κ1) is 13.5. The third kappa shape index (κ3) is 4.05. The Balaban J connectivity index is 2.02. The summed E-state index contributed by atoms with van der Waals surface area (Å²) in [5.74, 6) is 0.939. The van der Waals surface area contributed by atoms with Gasteiger partial charge in [0.2, 0.25) is 0 Å². The summed E-state index contributed by atoms with van der Waals surface area (Å²) in [6.07, 6.45) is 0. The fourth-order valence-corrected chi connectivity index (χ4v) is 2.93. The molecule has 17 heavy (non-hydrogen) atoms. The normalized spacial score (nSPS) is 10.5. The first-order valence-electron chi connectivity index (χ1n) is 4.97. The van der Waals surface area contributed by atoms with E-state index in [-0.39, 0.29) is 0 Å². The van der Waals surface area contributed by atoms with Gasteiger partial charge in [0.1, 0.15) is 0 Å². The lowest BCUT2D eigenvalue weighted by molar-refractivity contribution is 1.37. The molecule has 0 bridgehead atoms. The van der Waals surface area contributed by atoms with Gasteiger partial charge in [0.05, 0.1) is 10.0 Å². The van der Waals surface area contributed by atoms with E-state index in [9.17, 15) is 0 Å². The molecular formula is C13H9Cl2IS. The minimum absolute atomic E-state index is 0.602. The Kier molecular flexibility index (Phi) is 5.03. The maximum Gasteiger partial charge on any atom is 0.0603 e. The molecular weight excluding hydrogens is 386 g/mol. The maximum absolute atomic E-state index is 5.97. The first-order valence-corrected chi connectivity index (χ1v) is 7.79. The molecule has 0 nitrogen and oxygen atoms in total. The van der Waals surface area contributed by atoms with E-state index < -0.39 is 0 Å². The summed E-state index contributed by atoms with van der Waals surface area (Å²) in [5.41, 5.74) is 1.31. The van der Waals surface area contributed by atoms with Gasteiger partial charge in [0.15, 0.2) is 0 Å². The average molecular weight is 395 g/mol. The van der Waals surface area contributed by atoms with E-state index in [1.165, 1.54) is 9.13 Å². The van der Waals surface area contributed by atoms with Crippen LogP contribution >= 0.6 is 57.6 Å². The number of rotatable bonds is 3. The third-order valence-electron chi connectivity index (χ3n) is 2.21. The largest absolute Gasteiger partial charge is 0.121 e. The molecule has 0 heterocycles. The van der Waals surface area contributed by atoms with Gasteiger partial charge in [0.25, 0.3) is 0 Å². The Hall–Kier alpha value is 0.1000. The minimum Gasteiger partial charge on any atom is -0.121 e. The van der Waals surface area contributed by atoms with Gasteiger partial charge in [-0.2, -0.15) is 0 Å². The molecule has 0 fully saturated rings. The van der Waals surface area contributed by atoms with Crippen molar-refractivity contribution in [3.8, 4) is 0 Å². The lowest BCUT2D eigenvalue weighted by Crippen LogP contribution is -1.81.